The Morgan fingerprint density at radius 3 is 2.44 bits per heavy atom. The van der Waals surface area contributed by atoms with Gasteiger partial charge in [0.15, 0.2) is 0 Å². The topological polar surface area (TPSA) is 93.4 Å². The number of methoxy groups -OCH3 is 1. The van der Waals surface area contributed by atoms with Gasteiger partial charge in [-0.1, -0.05) is 36.5 Å². The maximum absolute atomic E-state index is 13.5. The number of rotatable bonds is 6. The molecular formula is C17H16F3N3O3S. The molecule has 0 unspecified atom stereocenters. The molecule has 2 rings (SSSR count). The fourth-order valence-electron chi connectivity index (χ4n) is 2.61. The van der Waals surface area contributed by atoms with Gasteiger partial charge in [0.25, 0.3) is 0 Å². The number of thiocarbonyl (C=S) groups is 1. The van der Waals surface area contributed by atoms with Crippen LogP contribution >= 0.6 is 12.2 Å². The lowest BCUT2D eigenvalue weighted by atomic mass is 9.97. The Bertz CT molecular complexity index is 900. The van der Waals surface area contributed by atoms with Gasteiger partial charge in [0, 0.05) is 11.4 Å². The Hall–Kier alpha value is -2.72. The number of urea groups is 1. The second-order valence-electron chi connectivity index (χ2n) is 5.48. The predicted octanol–water partition coefficient (Wildman–Crippen LogP) is 2.37. The lowest BCUT2D eigenvalue weighted by molar-refractivity contribution is -0.137. The Morgan fingerprint density at radius 1 is 1.15 bits per heavy atom. The van der Waals surface area contributed by atoms with Crippen LogP contribution in [0.4, 0.5) is 18.0 Å². The molecule has 2 aromatic carbocycles. The van der Waals surface area contributed by atoms with Crippen LogP contribution in [0.2, 0.25) is 0 Å². The zero-order chi connectivity index (χ0) is 20.2. The van der Waals surface area contributed by atoms with Crippen LogP contribution in [0, 0.1) is 0 Å². The molecule has 0 aromatic heterocycles. The van der Waals surface area contributed by atoms with Gasteiger partial charge in [0.05, 0.1) is 13.7 Å². The number of ether oxygens (including phenoxy) is 1. The van der Waals surface area contributed by atoms with Gasteiger partial charge in [-0.2, -0.15) is 13.2 Å². The van der Waals surface area contributed by atoms with Gasteiger partial charge >= 0.3 is 12.2 Å². The maximum atomic E-state index is 13.5. The summed E-state index contributed by atoms with van der Waals surface area (Å²) in [7, 11) is 1.17. The molecule has 0 fully saturated rings. The van der Waals surface area contributed by atoms with E-state index in [1.54, 1.807) is 6.07 Å². The van der Waals surface area contributed by atoms with E-state index in [1.807, 2.05) is 5.32 Å². The number of alkyl halides is 3. The number of hydrogen-bond acceptors (Lipinski definition) is 5. The zero-order valence-corrected chi connectivity index (χ0v) is 15.0. The molecule has 0 aliphatic carbocycles. The Labute approximate surface area is 157 Å². The van der Waals surface area contributed by atoms with Gasteiger partial charge < -0.3 is 15.8 Å². The Morgan fingerprint density at radius 2 is 1.85 bits per heavy atom. The van der Waals surface area contributed by atoms with Gasteiger partial charge in [-0.25, -0.2) is 4.79 Å². The fourth-order valence-corrected chi connectivity index (χ4v) is 2.89. The number of benzene rings is 2. The second kappa shape index (κ2) is 8.31. The van der Waals surface area contributed by atoms with Crippen molar-refractivity contribution in [3.63, 3.8) is 0 Å². The molecule has 0 aliphatic rings. The summed E-state index contributed by atoms with van der Waals surface area (Å²) >= 11 is 5.29. The van der Waals surface area contributed by atoms with Crippen LogP contribution in [0.3, 0.4) is 0 Å². The smallest absolute Gasteiger partial charge is 0.420 e. The standard InChI is InChI=1S/C17H16F3N3O3S/c1-26-12-6-5-9-10(3-2-4-11(9)15(12)17(18,19)20)13(27)7-22-8-14(24)23-16(21)25/h2-6,22H,7-8H2,1H3,(H3,21,23,24,25). The average Bonchev–Trinajstić information content (AvgIpc) is 2.58. The highest BCUT2D eigenvalue weighted by molar-refractivity contribution is 7.81. The normalized spacial score (nSPS) is 11.3. The number of hydrogen-bond donors (Lipinski definition) is 3. The summed E-state index contributed by atoms with van der Waals surface area (Å²) < 4.78 is 45.3. The van der Waals surface area contributed by atoms with Crippen molar-refractivity contribution >= 4 is 39.8 Å². The van der Waals surface area contributed by atoms with E-state index < -0.39 is 23.7 Å². The van der Waals surface area contributed by atoms with Gasteiger partial charge in [-0.05, 0) is 22.4 Å². The summed E-state index contributed by atoms with van der Waals surface area (Å²) in [6.45, 7) is -0.177. The van der Waals surface area contributed by atoms with Crippen LogP contribution in [0.25, 0.3) is 10.8 Å². The third kappa shape index (κ3) is 4.92. The number of nitrogens with one attached hydrogen (secondary N) is 2. The number of carbonyl (C=O) groups is 2. The van der Waals surface area contributed by atoms with Crippen molar-refractivity contribution < 1.29 is 27.5 Å². The van der Waals surface area contributed by atoms with Crippen LogP contribution in [0.1, 0.15) is 11.1 Å². The minimum atomic E-state index is -4.60. The van der Waals surface area contributed by atoms with Crippen molar-refractivity contribution in [3.8, 4) is 5.75 Å². The highest BCUT2D eigenvalue weighted by Crippen LogP contribution is 2.41. The van der Waals surface area contributed by atoms with Crippen LogP contribution < -0.4 is 21.1 Å². The molecular weight excluding hydrogens is 383 g/mol. The average molecular weight is 399 g/mol. The molecule has 2 aromatic rings. The van der Waals surface area contributed by atoms with Crippen molar-refractivity contribution in [2.24, 2.45) is 5.73 Å². The lowest BCUT2D eigenvalue weighted by Crippen LogP contribution is -2.41. The van der Waals surface area contributed by atoms with Gasteiger partial charge in [-0.3, -0.25) is 10.1 Å². The van der Waals surface area contributed by atoms with E-state index in [4.69, 9.17) is 22.7 Å². The number of nitrogens with two attached hydrogens (primary N) is 1. The highest BCUT2D eigenvalue weighted by Gasteiger charge is 2.36. The molecule has 0 aliphatic heterocycles. The van der Waals surface area contributed by atoms with Crippen molar-refractivity contribution in [2.45, 2.75) is 6.18 Å². The van der Waals surface area contributed by atoms with E-state index in [0.717, 1.165) is 0 Å². The first kappa shape index (κ1) is 20.6. The van der Waals surface area contributed by atoms with Gasteiger partial charge in [-0.15, -0.1) is 0 Å². The van der Waals surface area contributed by atoms with Crippen molar-refractivity contribution in [1.29, 1.82) is 0 Å². The van der Waals surface area contributed by atoms with E-state index >= 15 is 0 Å². The summed E-state index contributed by atoms with van der Waals surface area (Å²) in [4.78, 5) is 22.2. The third-order valence-corrected chi connectivity index (χ3v) is 4.03. The monoisotopic (exact) mass is 399 g/mol. The molecule has 6 nitrogen and oxygen atoms in total. The number of imide groups is 1. The number of fused-ring (bicyclic) bond motifs is 1. The van der Waals surface area contributed by atoms with Crippen LogP contribution in [-0.2, 0) is 11.0 Å². The summed E-state index contributed by atoms with van der Waals surface area (Å²) in [5, 5.41) is 4.88. The molecule has 27 heavy (non-hydrogen) atoms. The molecule has 0 radical (unpaired) electrons. The quantitative estimate of drug-likeness (QED) is 0.512. The van der Waals surface area contributed by atoms with Crippen molar-refractivity contribution in [2.75, 3.05) is 20.2 Å². The Balaban J connectivity index is 2.30. The van der Waals surface area contributed by atoms with Crippen LogP contribution in [-0.4, -0.2) is 37.0 Å². The van der Waals surface area contributed by atoms with Crippen LogP contribution in [0.5, 0.6) is 5.75 Å². The van der Waals surface area contributed by atoms with E-state index in [-0.39, 0.29) is 24.2 Å². The molecule has 144 valence electrons. The SMILES string of the molecule is COc1ccc2c(C(=S)CNCC(=O)NC(N)=O)cccc2c1C(F)(F)F. The first-order valence-electron chi connectivity index (χ1n) is 7.65. The molecule has 10 heteroatoms. The minimum Gasteiger partial charge on any atom is -0.496 e. The molecule has 0 bridgehead atoms. The molecule has 3 amide bonds. The molecule has 0 saturated heterocycles. The Kier molecular flexibility index (Phi) is 6.34. The first-order chi connectivity index (χ1) is 12.6. The fraction of sp³-hybridized carbons (Fsp3) is 0.235. The molecule has 0 heterocycles. The zero-order valence-electron chi connectivity index (χ0n) is 14.1. The highest BCUT2D eigenvalue weighted by atomic mass is 32.1. The van der Waals surface area contributed by atoms with E-state index in [2.05, 4.69) is 5.32 Å². The van der Waals surface area contributed by atoms with E-state index in [1.165, 1.54) is 31.4 Å². The maximum Gasteiger partial charge on any atom is 0.420 e. The second-order valence-corrected chi connectivity index (χ2v) is 5.97. The van der Waals surface area contributed by atoms with Crippen LogP contribution in [0.15, 0.2) is 30.3 Å². The molecule has 4 N–H and O–H groups in total. The summed E-state index contributed by atoms with van der Waals surface area (Å²) in [5.74, 6) is -0.924. The van der Waals surface area contributed by atoms with Crippen molar-refractivity contribution in [1.82, 2.24) is 10.6 Å². The molecule has 0 atom stereocenters. The summed E-state index contributed by atoms with van der Waals surface area (Å²) in [6.07, 6.45) is -4.60. The predicted molar refractivity (Wildman–Crippen MR) is 97.8 cm³/mol. The first-order valence-corrected chi connectivity index (χ1v) is 8.06. The lowest BCUT2D eigenvalue weighted by Gasteiger charge is -2.17. The molecule has 0 spiro atoms. The summed E-state index contributed by atoms with van der Waals surface area (Å²) in [5.41, 5.74) is 4.38. The van der Waals surface area contributed by atoms with Gasteiger partial charge in [0.1, 0.15) is 11.3 Å². The third-order valence-electron chi connectivity index (χ3n) is 3.66. The van der Waals surface area contributed by atoms with Crippen molar-refractivity contribution in [3.05, 3.63) is 41.5 Å². The number of halogens is 3. The van der Waals surface area contributed by atoms with E-state index in [9.17, 15) is 22.8 Å². The number of primary amides is 1. The largest absolute Gasteiger partial charge is 0.496 e. The minimum absolute atomic E-state index is 0.0341. The number of carbonyl (C=O) groups excluding carboxylic acids is 2. The number of amides is 3. The molecule has 0 saturated carbocycles. The summed E-state index contributed by atoms with van der Waals surface area (Å²) in [6, 6.07) is 6.18. The van der Waals surface area contributed by atoms with Gasteiger partial charge in [0.2, 0.25) is 5.91 Å². The van der Waals surface area contributed by atoms with E-state index in [0.29, 0.717) is 15.8 Å².